The van der Waals surface area contributed by atoms with E-state index in [0.29, 0.717) is 28.6 Å². The van der Waals surface area contributed by atoms with Crippen LogP contribution in [0.4, 0.5) is 5.69 Å². The van der Waals surface area contributed by atoms with Crippen molar-refractivity contribution < 1.29 is 28.6 Å². The first-order chi connectivity index (χ1) is 16.8. The number of fused-ring (bicyclic) bond motifs is 2. The fourth-order valence-corrected chi connectivity index (χ4v) is 4.80. The van der Waals surface area contributed by atoms with E-state index >= 15 is 0 Å². The minimum Gasteiger partial charge on any atom is -0.462 e. The van der Waals surface area contributed by atoms with E-state index in [4.69, 9.17) is 19.9 Å². The minimum absolute atomic E-state index is 0.0484. The molecule has 0 amide bonds. The summed E-state index contributed by atoms with van der Waals surface area (Å²) in [6.07, 6.45) is 0.892. The van der Waals surface area contributed by atoms with Gasteiger partial charge in [-0.25, -0.2) is 14.4 Å². The van der Waals surface area contributed by atoms with E-state index in [-0.39, 0.29) is 35.9 Å². The standard InChI is InChI=1S/C26H25BrN2O6/c1-3-8-19-20(23(30)33-4-2)26(25(32)35-19)17-13-16(27)11-12-18(17)29-22(28)21(26)24(31)34-14-15-9-6-5-7-10-15/h5-7,9-13,29H,3-4,8,14,28H2,1-2H3/t26-/m1/s1. The Morgan fingerprint density at radius 1 is 1.06 bits per heavy atom. The van der Waals surface area contributed by atoms with E-state index in [2.05, 4.69) is 21.2 Å². The highest BCUT2D eigenvalue weighted by Crippen LogP contribution is 2.53. The third-order valence-corrected chi connectivity index (χ3v) is 6.34. The zero-order valence-corrected chi connectivity index (χ0v) is 20.9. The van der Waals surface area contributed by atoms with Crippen molar-refractivity contribution in [3.8, 4) is 0 Å². The lowest BCUT2D eigenvalue weighted by molar-refractivity contribution is -0.147. The number of nitrogens with one attached hydrogen (secondary N) is 1. The average molecular weight is 541 g/mol. The molecule has 35 heavy (non-hydrogen) atoms. The molecule has 1 spiro atoms. The lowest BCUT2D eigenvalue weighted by atomic mass is 9.66. The number of cyclic esters (lactones) is 1. The van der Waals surface area contributed by atoms with Gasteiger partial charge in [0.2, 0.25) is 0 Å². The summed E-state index contributed by atoms with van der Waals surface area (Å²) in [5, 5.41) is 2.98. The largest absolute Gasteiger partial charge is 0.462 e. The number of esters is 3. The SMILES string of the molecule is CCCC1=C(C(=O)OCC)[C@@]2(C(=O)O1)C(C(=O)OCc1ccccc1)=C(N)Nc1ccc(Br)cc12. The van der Waals surface area contributed by atoms with Gasteiger partial charge in [0.05, 0.1) is 6.61 Å². The smallest absolute Gasteiger partial charge is 0.339 e. The molecule has 9 heteroatoms. The summed E-state index contributed by atoms with van der Waals surface area (Å²) in [7, 11) is 0. The number of nitrogens with two attached hydrogens (primary N) is 1. The molecule has 8 nitrogen and oxygen atoms in total. The van der Waals surface area contributed by atoms with Gasteiger partial charge in [-0.2, -0.15) is 0 Å². The molecule has 0 radical (unpaired) electrons. The maximum absolute atomic E-state index is 13.8. The van der Waals surface area contributed by atoms with Crippen LogP contribution in [-0.4, -0.2) is 24.5 Å². The number of benzene rings is 2. The molecule has 2 aromatic rings. The van der Waals surface area contributed by atoms with Gasteiger partial charge in [0, 0.05) is 22.1 Å². The predicted octanol–water partition coefficient (Wildman–Crippen LogP) is 4.20. The van der Waals surface area contributed by atoms with Crippen molar-refractivity contribution in [2.75, 3.05) is 11.9 Å². The van der Waals surface area contributed by atoms with Crippen LogP contribution in [-0.2, 0) is 40.6 Å². The third-order valence-electron chi connectivity index (χ3n) is 5.85. The number of carbonyl (C=O) groups is 3. The summed E-state index contributed by atoms with van der Waals surface area (Å²) in [6, 6.07) is 14.2. The molecule has 3 N–H and O–H groups in total. The highest BCUT2D eigenvalue weighted by molar-refractivity contribution is 9.10. The van der Waals surface area contributed by atoms with Crippen LogP contribution in [0, 0.1) is 0 Å². The van der Waals surface area contributed by atoms with Crippen molar-refractivity contribution in [3.63, 3.8) is 0 Å². The molecule has 2 heterocycles. The number of carbonyl (C=O) groups excluding carboxylic acids is 3. The van der Waals surface area contributed by atoms with Crippen LogP contribution in [0.5, 0.6) is 0 Å². The molecular formula is C26H25BrN2O6. The van der Waals surface area contributed by atoms with Gasteiger partial charge in [0.15, 0.2) is 5.41 Å². The average Bonchev–Trinajstić information content (AvgIpc) is 3.11. The molecule has 4 rings (SSSR count). The molecule has 2 aliphatic heterocycles. The molecule has 2 aromatic carbocycles. The normalized spacial score (nSPS) is 18.8. The molecule has 2 aliphatic rings. The van der Waals surface area contributed by atoms with Crippen LogP contribution >= 0.6 is 15.9 Å². The molecule has 0 aliphatic carbocycles. The molecule has 0 aromatic heterocycles. The van der Waals surface area contributed by atoms with Gasteiger partial charge < -0.3 is 25.3 Å². The zero-order chi connectivity index (χ0) is 25.2. The lowest BCUT2D eigenvalue weighted by Gasteiger charge is -2.36. The van der Waals surface area contributed by atoms with Crippen LogP contribution in [0.1, 0.15) is 37.8 Å². The van der Waals surface area contributed by atoms with Crippen LogP contribution in [0.2, 0.25) is 0 Å². The minimum atomic E-state index is -1.95. The highest BCUT2D eigenvalue weighted by atomic mass is 79.9. The third kappa shape index (κ3) is 4.20. The van der Waals surface area contributed by atoms with E-state index in [1.807, 2.05) is 25.1 Å². The maximum Gasteiger partial charge on any atom is 0.339 e. The molecule has 1 atom stereocenters. The number of hydrogen-bond donors (Lipinski definition) is 2. The molecule has 0 saturated heterocycles. The van der Waals surface area contributed by atoms with Crippen molar-refractivity contribution >= 4 is 39.5 Å². The number of halogens is 1. The molecule has 0 saturated carbocycles. The predicted molar refractivity (Wildman–Crippen MR) is 132 cm³/mol. The first-order valence-corrected chi connectivity index (χ1v) is 12.0. The molecule has 0 bridgehead atoms. The van der Waals surface area contributed by atoms with Gasteiger partial charge in [-0.05, 0) is 37.1 Å². The van der Waals surface area contributed by atoms with E-state index < -0.39 is 23.3 Å². The second-order valence-corrected chi connectivity index (χ2v) is 8.99. The fraction of sp³-hybridized carbons (Fsp3) is 0.269. The van der Waals surface area contributed by atoms with Gasteiger partial charge in [0.25, 0.3) is 0 Å². The highest BCUT2D eigenvalue weighted by Gasteiger charge is 2.63. The van der Waals surface area contributed by atoms with E-state index in [0.717, 1.165) is 5.56 Å². The summed E-state index contributed by atoms with van der Waals surface area (Å²) in [6.45, 7) is 3.57. The lowest BCUT2D eigenvalue weighted by Crippen LogP contribution is -2.47. The molecule has 0 unspecified atom stereocenters. The number of anilines is 1. The van der Waals surface area contributed by atoms with Crippen LogP contribution in [0.15, 0.2) is 75.7 Å². The van der Waals surface area contributed by atoms with Gasteiger partial charge in [-0.1, -0.05) is 53.2 Å². The Labute approximate surface area is 211 Å². The van der Waals surface area contributed by atoms with E-state index in [1.54, 1.807) is 37.3 Å². The van der Waals surface area contributed by atoms with Crippen molar-refractivity contribution in [2.24, 2.45) is 5.73 Å². The Hall–Kier alpha value is -3.59. The molecule has 0 fully saturated rings. The number of ether oxygens (including phenoxy) is 3. The zero-order valence-electron chi connectivity index (χ0n) is 19.4. The number of rotatable bonds is 7. The quantitative estimate of drug-likeness (QED) is 0.396. The summed E-state index contributed by atoms with van der Waals surface area (Å²) in [4.78, 5) is 40.7. The Morgan fingerprint density at radius 2 is 1.77 bits per heavy atom. The fourth-order valence-electron chi connectivity index (χ4n) is 4.43. The van der Waals surface area contributed by atoms with Crippen LogP contribution in [0.25, 0.3) is 0 Å². The summed E-state index contributed by atoms with van der Waals surface area (Å²) >= 11 is 3.43. The molecule has 182 valence electrons. The van der Waals surface area contributed by atoms with Crippen LogP contribution < -0.4 is 11.1 Å². The van der Waals surface area contributed by atoms with Crippen molar-refractivity contribution in [2.45, 2.75) is 38.7 Å². The summed E-state index contributed by atoms with van der Waals surface area (Å²) in [5.74, 6) is -2.35. The second-order valence-electron chi connectivity index (χ2n) is 8.07. The van der Waals surface area contributed by atoms with E-state index in [9.17, 15) is 14.4 Å². The summed E-state index contributed by atoms with van der Waals surface area (Å²) in [5.41, 5.74) is 5.69. The maximum atomic E-state index is 13.8. The van der Waals surface area contributed by atoms with Crippen molar-refractivity contribution in [1.29, 1.82) is 0 Å². The van der Waals surface area contributed by atoms with E-state index in [1.165, 1.54) is 0 Å². The van der Waals surface area contributed by atoms with Gasteiger partial charge in [-0.3, -0.25) is 0 Å². The second kappa shape index (κ2) is 9.95. The topological polar surface area (TPSA) is 117 Å². The van der Waals surface area contributed by atoms with Crippen molar-refractivity contribution in [3.05, 3.63) is 86.9 Å². The Balaban J connectivity index is 1.93. The van der Waals surface area contributed by atoms with Crippen molar-refractivity contribution in [1.82, 2.24) is 0 Å². The monoisotopic (exact) mass is 540 g/mol. The van der Waals surface area contributed by atoms with Gasteiger partial charge >= 0.3 is 17.9 Å². The van der Waals surface area contributed by atoms with Gasteiger partial charge in [0.1, 0.15) is 29.3 Å². The number of hydrogen-bond acceptors (Lipinski definition) is 8. The molecular weight excluding hydrogens is 516 g/mol. The first-order valence-electron chi connectivity index (χ1n) is 11.3. The van der Waals surface area contributed by atoms with Crippen LogP contribution in [0.3, 0.4) is 0 Å². The Morgan fingerprint density at radius 3 is 2.46 bits per heavy atom. The number of allylic oxidation sites excluding steroid dienone is 1. The van der Waals surface area contributed by atoms with Gasteiger partial charge in [-0.15, -0.1) is 0 Å². The Kier molecular flexibility index (Phi) is 6.98. The summed E-state index contributed by atoms with van der Waals surface area (Å²) < 4.78 is 17.2. The Bertz CT molecular complexity index is 1250. The first kappa shape index (κ1) is 24.5.